The van der Waals surface area contributed by atoms with Gasteiger partial charge in [0.25, 0.3) is 0 Å². The van der Waals surface area contributed by atoms with Gasteiger partial charge in [-0.25, -0.2) is 0 Å². The molecule has 0 N–H and O–H groups in total. The summed E-state index contributed by atoms with van der Waals surface area (Å²) < 4.78 is 0. The highest BCUT2D eigenvalue weighted by Crippen LogP contribution is 2.30. The fourth-order valence-corrected chi connectivity index (χ4v) is 2.05. The minimum atomic E-state index is 0.632. The van der Waals surface area contributed by atoms with Crippen LogP contribution < -0.4 is 0 Å². The molecule has 0 aromatic rings. The highest BCUT2D eigenvalue weighted by Gasteiger charge is 2.18. The summed E-state index contributed by atoms with van der Waals surface area (Å²) in [6.45, 7) is 2.21. The van der Waals surface area contributed by atoms with Crippen LogP contribution in [0.15, 0.2) is 0 Å². The first-order chi connectivity index (χ1) is 5.34. The molecule has 0 spiro atoms. The summed E-state index contributed by atoms with van der Waals surface area (Å²) in [4.78, 5) is 10.3. The van der Waals surface area contributed by atoms with Gasteiger partial charge in [0.2, 0.25) is 0 Å². The van der Waals surface area contributed by atoms with Crippen LogP contribution >= 0.6 is 0 Å². The molecule has 0 saturated heterocycles. The van der Waals surface area contributed by atoms with E-state index in [4.69, 9.17) is 0 Å². The van der Waals surface area contributed by atoms with E-state index in [9.17, 15) is 4.79 Å². The van der Waals surface area contributed by atoms with Gasteiger partial charge in [0.15, 0.2) is 0 Å². The van der Waals surface area contributed by atoms with Gasteiger partial charge in [-0.15, -0.1) is 0 Å². The monoisotopic (exact) mass is 154 g/mol. The molecule has 0 aliphatic heterocycles. The molecule has 1 saturated carbocycles. The molecule has 1 rings (SSSR count). The Morgan fingerprint density at radius 1 is 1.36 bits per heavy atom. The van der Waals surface area contributed by atoms with Gasteiger partial charge in [-0.3, -0.25) is 0 Å². The maximum atomic E-state index is 10.3. The standard InChI is InChI=1S/C10H18O/c1-9(7-8-11)10-5-3-2-4-6-10/h8-10H,2-7H2,1H3/t9-/m0/s1. The summed E-state index contributed by atoms with van der Waals surface area (Å²) in [5, 5.41) is 0. The van der Waals surface area contributed by atoms with Gasteiger partial charge in [0.05, 0.1) is 0 Å². The van der Waals surface area contributed by atoms with Crippen molar-refractivity contribution in [1.82, 2.24) is 0 Å². The molecular formula is C10H18O. The normalized spacial score (nSPS) is 23.0. The molecule has 1 fully saturated rings. The molecule has 0 unspecified atom stereocenters. The van der Waals surface area contributed by atoms with Crippen LogP contribution in [0.25, 0.3) is 0 Å². The Kier molecular flexibility index (Phi) is 3.61. The van der Waals surface area contributed by atoms with Gasteiger partial charge in [-0.1, -0.05) is 39.0 Å². The zero-order chi connectivity index (χ0) is 8.10. The topological polar surface area (TPSA) is 17.1 Å². The smallest absolute Gasteiger partial charge is 0.120 e. The first-order valence-electron chi connectivity index (χ1n) is 4.78. The fourth-order valence-electron chi connectivity index (χ4n) is 2.05. The lowest BCUT2D eigenvalue weighted by molar-refractivity contribution is -0.108. The van der Waals surface area contributed by atoms with Crippen LogP contribution in [0.1, 0.15) is 45.4 Å². The molecule has 0 radical (unpaired) electrons. The van der Waals surface area contributed by atoms with Gasteiger partial charge in [0.1, 0.15) is 6.29 Å². The summed E-state index contributed by atoms with van der Waals surface area (Å²) in [6.07, 6.45) is 8.72. The van der Waals surface area contributed by atoms with Crippen LogP contribution in [-0.4, -0.2) is 6.29 Å². The third-order valence-corrected chi connectivity index (χ3v) is 2.92. The third kappa shape index (κ3) is 2.64. The second-order valence-corrected chi connectivity index (χ2v) is 3.78. The lowest BCUT2D eigenvalue weighted by Gasteiger charge is -2.26. The van der Waals surface area contributed by atoms with E-state index in [1.807, 2.05) is 0 Å². The number of aldehydes is 1. The zero-order valence-electron chi connectivity index (χ0n) is 7.38. The predicted octanol–water partition coefficient (Wildman–Crippen LogP) is 2.79. The molecule has 0 aromatic carbocycles. The van der Waals surface area contributed by atoms with Crippen molar-refractivity contribution in [3.05, 3.63) is 0 Å². The van der Waals surface area contributed by atoms with Crippen molar-refractivity contribution in [2.75, 3.05) is 0 Å². The van der Waals surface area contributed by atoms with Gasteiger partial charge < -0.3 is 4.79 Å². The van der Waals surface area contributed by atoms with Gasteiger partial charge in [0, 0.05) is 6.42 Å². The first kappa shape index (κ1) is 8.76. The Balaban J connectivity index is 2.26. The number of hydrogen-bond acceptors (Lipinski definition) is 1. The summed E-state index contributed by atoms with van der Waals surface area (Å²) >= 11 is 0. The van der Waals surface area contributed by atoms with Crippen LogP contribution in [0.5, 0.6) is 0 Å². The number of hydrogen-bond donors (Lipinski definition) is 0. The van der Waals surface area contributed by atoms with E-state index in [0.717, 1.165) is 18.6 Å². The molecular weight excluding hydrogens is 136 g/mol. The molecule has 1 atom stereocenters. The minimum Gasteiger partial charge on any atom is -0.303 e. The maximum Gasteiger partial charge on any atom is 0.120 e. The van der Waals surface area contributed by atoms with Crippen molar-refractivity contribution in [1.29, 1.82) is 0 Å². The minimum absolute atomic E-state index is 0.632. The Hall–Kier alpha value is -0.330. The third-order valence-electron chi connectivity index (χ3n) is 2.92. The number of carbonyl (C=O) groups is 1. The van der Waals surface area contributed by atoms with E-state index >= 15 is 0 Å². The Morgan fingerprint density at radius 3 is 2.55 bits per heavy atom. The predicted molar refractivity (Wildman–Crippen MR) is 46.4 cm³/mol. The average molecular weight is 154 g/mol. The SMILES string of the molecule is C[C@@H](CC=O)C1CCCCC1. The van der Waals surface area contributed by atoms with Gasteiger partial charge in [-0.2, -0.15) is 0 Å². The Bertz CT molecular complexity index is 114. The summed E-state index contributed by atoms with van der Waals surface area (Å²) in [6, 6.07) is 0. The summed E-state index contributed by atoms with van der Waals surface area (Å²) in [5.74, 6) is 1.47. The molecule has 1 aliphatic rings. The van der Waals surface area contributed by atoms with Crippen molar-refractivity contribution in [2.24, 2.45) is 11.8 Å². The molecule has 1 aliphatic carbocycles. The van der Waals surface area contributed by atoms with Crippen molar-refractivity contribution in [2.45, 2.75) is 45.4 Å². The number of carbonyl (C=O) groups excluding carboxylic acids is 1. The largest absolute Gasteiger partial charge is 0.303 e. The van der Waals surface area contributed by atoms with E-state index in [1.165, 1.54) is 32.1 Å². The Morgan fingerprint density at radius 2 is 2.00 bits per heavy atom. The molecule has 64 valence electrons. The zero-order valence-corrected chi connectivity index (χ0v) is 7.38. The van der Waals surface area contributed by atoms with Crippen molar-refractivity contribution < 1.29 is 4.79 Å². The van der Waals surface area contributed by atoms with Crippen molar-refractivity contribution in [3.8, 4) is 0 Å². The van der Waals surface area contributed by atoms with E-state index in [0.29, 0.717) is 5.92 Å². The van der Waals surface area contributed by atoms with E-state index < -0.39 is 0 Å². The second-order valence-electron chi connectivity index (χ2n) is 3.78. The lowest BCUT2D eigenvalue weighted by atomic mass is 9.80. The molecule has 0 amide bonds. The van der Waals surface area contributed by atoms with E-state index in [1.54, 1.807) is 0 Å². The molecule has 1 nitrogen and oxygen atoms in total. The van der Waals surface area contributed by atoms with E-state index in [-0.39, 0.29) is 0 Å². The first-order valence-corrected chi connectivity index (χ1v) is 4.78. The van der Waals surface area contributed by atoms with Crippen LogP contribution in [-0.2, 0) is 4.79 Å². The Labute approximate surface area is 69.2 Å². The van der Waals surface area contributed by atoms with Crippen LogP contribution in [0.3, 0.4) is 0 Å². The average Bonchev–Trinajstić information content (AvgIpc) is 2.07. The molecule has 0 aromatic heterocycles. The van der Waals surface area contributed by atoms with Crippen LogP contribution in [0.4, 0.5) is 0 Å². The summed E-state index contributed by atoms with van der Waals surface area (Å²) in [5.41, 5.74) is 0. The molecule has 0 heterocycles. The quantitative estimate of drug-likeness (QED) is 0.571. The van der Waals surface area contributed by atoms with Crippen LogP contribution in [0, 0.1) is 11.8 Å². The van der Waals surface area contributed by atoms with E-state index in [2.05, 4.69) is 6.92 Å². The highest BCUT2D eigenvalue weighted by molar-refractivity contribution is 5.49. The van der Waals surface area contributed by atoms with Crippen molar-refractivity contribution in [3.63, 3.8) is 0 Å². The van der Waals surface area contributed by atoms with Crippen molar-refractivity contribution >= 4 is 6.29 Å². The maximum absolute atomic E-state index is 10.3. The number of rotatable bonds is 3. The van der Waals surface area contributed by atoms with Gasteiger partial charge in [-0.05, 0) is 11.8 Å². The second kappa shape index (κ2) is 4.53. The van der Waals surface area contributed by atoms with Gasteiger partial charge >= 0.3 is 0 Å². The fraction of sp³-hybridized carbons (Fsp3) is 0.900. The molecule has 11 heavy (non-hydrogen) atoms. The highest BCUT2D eigenvalue weighted by atomic mass is 16.1. The molecule has 1 heteroatoms. The molecule has 0 bridgehead atoms. The van der Waals surface area contributed by atoms with Crippen LogP contribution in [0.2, 0.25) is 0 Å². The summed E-state index contributed by atoms with van der Waals surface area (Å²) in [7, 11) is 0. The lowest BCUT2D eigenvalue weighted by Crippen LogP contribution is -2.15.